The van der Waals surface area contributed by atoms with Crippen molar-refractivity contribution < 1.29 is 17.6 Å². The lowest BCUT2D eigenvalue weighted by Crippen LogP contribution is -2.04. The molecule has 0 N–H and O–H groups in total. The summed E-state index contributed by atoms with van der Waals surface area (Å²) in [7, 11) is 0. The Morgan fingerprint density at radius 2 is 1.85 bits per heavy atom. The number of nitrogens with zero attached hydrogens (tertiary/aromatic N) is 2. The van der Waals surface area contributed by atoms with E-state index in [-0.39, 0.29) is 5.25 Å². The lowest BCUT2D eigenvalue weighted by atomic mass is 10.1. The van der Waals surface area contributed by atoms with Gasteiger partial charge in [-0.25, -0.2) is 0 Å². The number of aromatic nitrogens is 2. The molecule has 2 aromatic rings. The first-order valence-electron chi connectivity index (χ1n) is 5.94. The molecule has 0 radical (unpaired) electrons. The molecule has 20 heavy (non-hydrogen) atoms. The van der Waals surface area contributed by atoms with E-state index < -0.39 is 11.7 Å². The van der Waals surface area contributed by atoms with Crippen LogP contribution in [0, 0.1) is 6.92 Å². The van der Waals surface area contributed by atoms with Crippen molar-refractivity contribution in [3.63, 3.8) is 0 Å². The summed E-state index contributed by atoms with van der Waals surface area (Å²) in [5, 5.41) is 7.64. The highest BCUT2D eigenvalue weighted by atomic mass is 32.2. The van der Waals surface area contributed by atoms with E-state index in [1.54, 1.807) is 6.92 Å². The highest BCUT2D eigenvalue weighted by Crippen LogP contribution is 2.34. The van der Waals surface area contributed by atoms with Gasteiger partial charge in [0.1, 0.15) is 0 Å². The fourth-order valence-corrected chi connectivity index (χ4v) is 2.49. The molecule has 3 nitrogen and oxygen atoms in total. The summed E-state index contributed by atoms with van der Waals surface area (Å²) in [6.07, 6.45) is -4.30. The number of aryl methyl sites for hydroxylation is 1. The molecular weight excluding hydrogens is 289 g/mol. The minimum atomic E-state index is -4.30. The highest BCUT2D eigenvalue weighted by Gasteiger charge is 2.30. The maximum atomic E-state index is 12.5. The van der Waals surface area contributed by atoms with Crippen molar-refractivity contribution in [1.29, 1.82) is 0 Å². The van der Waals surface area contributed by atoms with Gasteiger partial charge in [-0.1, -0.05) is 12.1 Å². The number of hydrogen-bond acceptors (Lipinski definition) is 4. The fraction of sp³-hybridized carbons (Fsp3) is 0.385. The second-order valence-corrected chi connectivity index (χ2v) is 5.62. The lowest BCUT2D eigenvalue weighted by molar-refractivity contribution is -0.137. The number of hydrogen-bond donors (Lipinski definition) is 0. The Morgan fingerprint density at radius 3 is 2.35 bits per heavy atom. The maximum absolute atomic E-state index is 12.5. The molecule has 2 rings (SSSR count). The lowest BCUT2D eigenvalue weighted by Gasteiger charge is -2.12. The zero-order valence-corrected chi connectivity index (χ0v) is 11.8. The Bertz CT molecular complexity index is 566. The Labute approximate surface area is 118 Å². The van der Waals surface area contributed by atoms with Crippen molar-refractivity contribution in [2.75, 3.05) is 0 Å². The van der Waals surface area contributed by atoms with Crippen molar-refractivity contribution in [2.45, 2.75) is 31.0 Å². The van der Waals surface area contributed by atoms with Crippen LogP contribution < -0.4 is 0 Å². The standard InChI is InChI=1S/C13H13F3N2OS/c1-8(20-7-12-18-17-9(2)19-12)10-3-5-11(6-4-10)13(14,15)16/h3-6,8H,7H2,1-2H3/t8-/m1/s1. The molecule has 0 saturated heterocycles. The molecule has 7 heteroatoms. The molecule has 0 aliphatic heterocycles. The molecule has 0 unspecified atom stereocenters. The summed E-state index contributed by atoms with van der Waals surface area (Å²) in [5.41, 5.74) is 0.199. The molecule has 1 aromatic heterocycles. The average molecular weight is 302 g/mol. The molecule has 1 aromatic carbocycles. The predicted molar refractivity (Wildman–Crippen MR) is 70.2 cm³/mol. The maximum Gasteiger partial charge on any atom is 0.416 e. The van der Waals surface area contributed by atoms with Gasteiger partial charge in [0.15, 0.2) is 0 Å². The van der Waals surface area contributed by atoms with E-state index >= 15 is 0 Å². The molecular formula is C13H13F3N2OS. The number of rotatable bonds is 4. The monoisotopic (exact) mass is 302 g/mol. The van der Waals surface area contributed by atoms with Gasteiger partial charge in [0.2, 0.25) is 11.8 Å². The SMILES string of the molecule is Cc1nnc(CS[C@H](C)c2ccc(C(F)(F)F)cc2)o1. The van der Waals surface area contributed by atoms with Crippen LogP contribution >= 0.6 is 11.8 Å². The molecule has 0 aliphatic rings. The number of halogens is 3. The molecule has 0 aliphatic carbocycles. The first kappa shape index (κ1) is 14.9. The molecule has 1 atom stereocenters. The minimum absolute atomic E-state index is 0.0458. The fourth-order valence-electron chi connectivity index (χ4n) is 1.63. The molecule has 0 bridgehead atoms. The molecule has 108 valence electrons. The number of benzene rings is 1. The van der Waals surface area contributed by atoms with Gasteiger partial charge in [-0.3, -0.25) is 0 Å². The smallest absolute Gasteiger partial charge is 0.416 e. The summed E-state index contributed by atoms with van der Waals surface area (Å²) in [6.45, 7) is 3.64. The van der Waals surface area contributed by atoms with E-state index in [0.29, 0.717) is 17.5 Å². The van der Waals surface area contributed by atoms with Crippen LogP contribution in [0.15, 0.2) is 28.7 Å². The summed E-state index contributed by atoms with van der Waals surface area (Å²) in [6, 6.07) is 5.20. The van der Waals surface area contributed by atoms with Crippen LogP contribution in [-0.2, 0) is 11.9 Å². The van der Waals surface area contributed by atoms with Crippen molar-refractivity contribution in [3.8, 4) is 0 Å². The van der Waals surface area contributed by atoms with E-state index in [0.717, 1.165) is 17.7 Å². The normalized spacial score (nSPS) is 13.4. The quantitative estimate of drug-likeness (QED) is 0.839. The van der Waals surface area contributed by atoms with Gasteiger partial charge in [-0.05, 0) is 24.6 Å². The predicted octanol–water partition coefficient (Wildman–Crippen LogP) is 4.39. The van der Waals surface area contributed by atoms with Crippen molar-refractivity contribution in [3.05, 3.63) is 47.2 Å². The number of alkyl halides is 3. The Kier molecular flexibility index (Phi) is 4.37. The first-order valence-corrected chi connectivity index (χ1v) is 6.99. The minimum Gasteiger partial charge on any atom is -0.425 e. The topological polar surface area (TPSA) is 38.9 Å². The molecule has 0 fully saturated rings. The van der Waals surface area contributed by atoms with Gasteiger partial charge >= 0.3 is 6.18 Å². The van der Waals surface area contributed by atoms with E-state index in [1.807, 2.05) is 6.92 Å². The van der Waals surface area contributed by atoms with Crippen molar-refractivity contribution >= 4 is 11.8 Å². The molecule has 0 spiro atoms. The van der Waals surface area contributed by atoms with E-state index in [4.69, 9.17) is 4.42 Å². The van der Waals surface area contributed by atoms with Crippen molar-refractivity contribution in [1.82, 2.24) is 10.2 Å². The summed E-state index contributed by atoms with van der Waals surface area (Å²) >= 11 is 1.53. The van der Waals surface area contributed by atoms with Crippen LogP contribution in [0.4, 0.5) is 13.2 Å². The zero-order valence-electron chi connectivity index (χ0n) is 10.9. The molecule has 0 amide bonds. The van der Waals surface area contributed by atoms with E-state index in [9.17, 15) is 13.2 Å². The Balaban J connectivity index is 1.97. The summed E-state index contributed by atoms with van der Waals surface area (Å²) in [4.78, 5) is 0. The van der Waals surface area contributed by atoms with Crippen LogP contribution in [0.3, 0.4) is 0 Å². The molecule has 1 heterocycles. The second kappa shape index (κ2) is 5.87. The average Bonchev–Trinajstić information content (AvgIpc) is 2.81. The van der Waals surface area contributed by atoms with Crippen LogP contribution in [0.5, 0.6) is 0 Å². The largest absolute Gasteiger partial charge is 0.425 e. The van der Waals surface area contributed by atoms with Crippen LogP contribution in [0.2, 0.25) is 0 Å². The van der Waals surface area contributed by atoms with Gasteiger partial charge < -0.3 is 4.42 Å². The molecule has 0 saturated carbocycles. The van der Waals surface area contributed by atoms with Crippen LogP contribution in [0.1, 0.15) is 35.1 Å². The third-order valence-corrected chi connectivity index (χ3v) is 3.92. The van der Waals surface area contributed by atoms with Gasteiger partial charge in [0, 0.05) is 12.2 Å². The second-order valence-electron chi connectivity index (χ2n) is 4.29. The van der Waals surface area contributed by atoms with Crippen LogP contribution in [0.25, 0.3) is 0 Å². The number of thioether (sulfide) groups is 1. The van der Waals surface area contributed by atoms with E-state index in [1.165, 1.54) is 23.9 Å². The zero-order chi connectivity index (χ0) is 14.8. The summed E-state index contributed by atoms with van der Waals surface area (Å²) in [5.74, 6) is 1.55. The third kappa shape index (κ3) is 3.75. The van der Waals surface area contributed by atoms with Gasteiger partial charge in [0.25, 0.3) is 0 Å². The van der Waals surface area contributed by atoms with Crippen molar-refractivity contribution in [2.24, 2.45) is 0 Å². The summed E-state index contributed by atoms with van der Waals surface area (Å²) < 4.78 is 42.6. The van der Waals surface area contributed by atoms with Crippen LogP contribution in [-0.4, -0.2) is 10.2 Å². The first-order chi connectivity index (χ1) is 9.36. The Morgan fingerprint density at radius 1 is 1.20 bits per heavy atom. The Hall–Kier alpha value is -1.50. The van der Waals surface area contributed by atoms with Gasteiger partial charge in [-0.2, -0.15) is 13.2 Å². The van der Waals surface area contributed by atoms with Gasteiger partial charge in [0.05, 0.1) is 11.3 Å². The van der Waals surface area contributed by atoms with Gasteiger partial charge in [-0.15, -0.1) is 22.0 Å². The van der Waals surface area contributed by atoms with E-state index in [2.05, 4.69) is 10.2 Å². The highest BCUT2D eigenvalue weighted by molar-refractivity contribution is 7.98. The third-order valence-electron chi connectivity index (χ3n) is 2.73.